The SMILES string of the molecule is CSOCc1c(F)cccc1Cl. The van der Waals surface area contributed by atoms with E-state index in [1.807, 2.05) is 0 Å². The van der Waals surface area contributed by atoms with Gasteiger partial charge in [0.2, 0.25) is 0 Å². The van der Waals surface area contributed by atoms with Crippen molar-refractivity contribution in [3.8, 4) is 0 Å². The highest BCUT2D eigenvalue weighted by molar-refractivity contribution is 7.93. The minimum Gasteiger partial charge on any atom is -0.311 e. The maximum Gasteiger partial charge on any atom is 0.130 e. The normalized spacial score (nSPS) is 10.2. The maximum atomic E-state index is 13.0. The molecule has 0 fully saturated rings. The topological polar surface area (TPSA) is 9.23 Å². The van der Waals surface area contributed by atoms with Crippen LogP contribution in [0.3, 0.4) is 0 Å². The molecule has 0 atom stereocenters. The summed E-state index contributed by atoms with van der Waals surface area (Å²) in [5, 5.41) is 0.407. The van der Waals surface area contributed by atoms with Gasteiger partial charge in [-0.15, -0.1) is 0 Å². The average Bonchev–Trinajstić information content (AvgIpc) is 2.04. The summed E-state index contributed by atoms with van der Waals surface area (Å²) < 4.78 is 18.0. The van der Waals surface area contributed by atoms with E-state index in [0.717, 1.165) is 0 Å². The number of hydrogen-bond acceptors (Lipinski definition) is 2. The van der Waals surface area contributed by atoms with E-state index in [2.05, 4.69) is 0 Å². The van der Waals surface area contributed by atoms with Gasteiger partial charge in [-0.25, -0.2) is 4.39 Å². The molecule has 0 amide bonds. The van der Waals surface area contributed by atoms with Crippen LogP contribution in [-0.2, 0) is 10.8 Å². The van der Waals surface area contributed by atoms with E-state index >= 15 is 0 Å². The Labute approximate surface area is 80.1 Å². The lowest BCUT2D eigenvalue weighted by molar-refractivity contribution is 0.356. The summed E-state index contributed by atoms with van der Waals surface area (Å²) in [4.78, 5) is 0. The standard InChI is InChI=1S/C8H8ClFOS/c1-12-11-5-6-7(9)3-2-4-8(6)10/h2-4H,5H2,1H3. The Morgan fingerprint density at radius 2 is 2.33 bits per heavy atom. The Bertz CT molecular complexity index is 247. The summed E-state index contributed by atoms with van der Waals surface area (Å²) in [6.45, 7) is 0.201. The van der Waals surface area contributed by atoms with Crippen LogP contribution in [0.2, 0.25) is 5.02 Å². The summed E-state index contributed by atoms with van der Waals surface area (Å²) in [6, 6.07) is 4.58. The molecular weight excluding hydrogens is 199 g/mol. The van der Waals surface area contributed by atoms with Crippen LogP contribution in [0, 0.1) is 5.82 Å². The minimum absolute atomic E-state index is 0.201. The van der Waals surface area contributed by atoms with E-state index in [0.29, 0.717) is 10.6 Å². The lowest BCUT2D eigenvalue weighted by Gasteiger charge is -2.03. The first-order valence-electron chi connectivity index (χ1n) is 3.34. The molecule has 0 N–H and O–H groups in total. The lowest BCUT2D eigenvalue weighted by Crippen LogP contribution is -1.91. The number of hydrogen-bond donors (Lipinski definition) is 0. The zero-order valence-corrected chi connectivity index (χ0v) is 8.08. The summed E-state index contributed by atoms with van der Waals surface area (Å²) >= 11 is 6.92. The molecule has 1 nitrogen and oxygen atoms in total. The van der Waals surface area contributed by atoms with E-state index in [-0.39, 0.29) is 12.4 Å². The van der Waals surface area contributed by atoms with Gasteiger partial charge in [-0.3, -0.25) is 0 Å². The Kier molecular flexibility index (Phi) is 3.85. The summed E-state index contributed by atoms with van der Waals surface area (Å²) in [6.07, 6.45) is 1.77. The Balaban J connectivity index is 2.81. The molecule has 0 unspecified atom stereocenters. The van der Waals surface area contributed by atoms with Crippen molar-refractivity contribution in [2.75, 3.05) is 6.26 Å². The van der Waals surface area contributed by atoms with E-state index in [1.54, 1.807) is 18.4 Å². The zero-order valence-electron chi connectivity index (χ0n) is 6.51. The quantitative estimate of drug-likeness (QED) is 0.702. The van der Waals surface area contributed by atoms with Crippen molar-refractivity contribution in [3.63, 3.8) is 0 Å². The van der Waals surface area contributed by atoms with E-state index in [9.17, 15) is 4.39 Å². The molecule has 66 valence electrons. The second kappa shape index (κ2) is 4.70. The molecule has 0 aliphatic rings. The first-order chi connectivity index (χ1) is 5.75. The maximum absolute atomic E-state index is 13.0. The second-order valence-electron chi connectivity index (χ2n) is 2.13. The van der Waals surface area contributed by atoms with Gasteiger partial charge in [0, 0.05) is 16.8 Å². The van der Waals surface area contributed by atoms with Crippen molar-refractivity contribution in [2.24, 2.45) is 0 Å². The van der Waals surface area contributed by atoms with Crippen LogP contribution < -0.4 is 0 Å². The van der Waals surface area contributed by atoms with Crippen molar-refractivity contribution in [2.45, 2.75) is 6.61 Å². The van der Waals surface area contributed by atoms with Crippen molar-refractivity contribution in [3.05, 3.63) is 34.6 Å². The van der Waals surface area contributed by atoms with E-state index < -0.39 is 0 Å². The van der Waals surface area contributed by atoms with Gasteiger partial charge in [0.25, 0.3) is 0 Å². The highest BCUT2D eigenvalue weighted by atomic mass is 35.5. The number of benzene rings is 1. The third-order valence-electron chi connectivity index (χ3n) is 1.38. The molecular formula is C8H8ClFOS. The molecule has 12 heavy (non-hydrogen) atoms. The van der Waals surface area contributed by atoms with Gasteiger partial charge in [0.05, 0.1) is 6.61 Å². The molecule has 0 heterocycles. The number of rotatable bonds is 3. The molecule has 1 rings (SSSR count). The number of halogens is 2. The first-order valence-corrected chi connectivity index (χ1v) is 4.87. The van der Waals surface area contributed by atoms with Gasteiger partial charge in [-0.2, -0.15) is 0 Å². The zero-order chi connectivity index (χ0) is 8.97. The van der Waals surface area contributed by atoms with E-state index in [4.69, 9.17) is 15.8 Å². The van der Waals surface area contributed by atoms with Crippen LogP contribution in [0.1, 0.15) is 5.56 Å². The van der Waals surface area contributed by atoms with Crippen LogP contribution >= 0.6 is 23.6 Å². The van der Waals surface area contributed by atoms with Crippen molar-refractivity contribution in [1.82, 2.24) is 0 Å². The Morgan fingerprint density at radius 1 is 1.58 bits per heavy atom. The molecule has 0 aliphatic heterocycles. The van der Waals surface area contributed by atoms with Gasteiger partial charge in [0.1, 0.15) is 5.82 Å². The average molecular weight is 207 g/mol. The van der Waals surface area contributed by atoms with Crippen LogP contribution in [0.25, 0.3) is 0 Å². The highest BCUT2D eigenvalue weighted by Crippen LogP contribution is 2.20. The van der Waals surface area contributed by atoms with Crippen molar-refractivity contribution >= 4 is 23.6 Å². The molecule has 0 saturated heterocycles. The Hall–Kier alpha value is -0.250. The van der Waals surface area contributed by atoms with Gasteiger partial charge in [-0.1, -0.05) is 17.7 Å². The molecule has 0 aromatic heterocycles. The smallest absolute Gasteiger partial charge is 0.130 e. The first kappa shape index (κ1) is 9.84. The van der Waals surface area contributed by atoms with Crippen LogP contribution in [0.15, 0.2) is 18.2 Å². The molecule has 0 saturated carbocycles. The summed E-state index contributed by atoms with van der Waals surface area (Å²) in [5.41, 5.74) is 0.411. The third-order valence-corrected chi connectivity index (χ3v) is 2.09. The molecule has 4 heteroatoms. The minimum atomic E-state index is -0.323. The largest absolute Gasteiger partial charge is 0.311 e. The predicted molar refractivity (Wildman–Crippen MR) is 49.7 cm³/mol. The fourth-order valence-corrected chi connectivity index (χ4v) is 1.24. The van der Waals surface area contributed by atoms with E-state index in [1.165, 1.54) is 18.1 Å². The van der Waals surface area contributed by atoms with Gasteiger partial charge < -0.3 is 4.18 Å². The fraction of sp³-hybridized carbons (Fsp3) is 0.250. The molecule has 1 aromatic rings. The van der Waals surface area contributed by atoms with Crippen LogP contribution in [-0.4, -0.2) is 6.26 Å². The fourth-order valence-electron chi connectivity index (χ4n) is 0.788. The highest BCUT2D eigenvalue weighted by Gasteiger charge is 2.05. The Morgan fingerprint density at radius 3 is 2.92 bits per heavy atom. The van der Waals surface area contributed by atoms with Gasteiger partial charge in [0.15, 0.2) is 0 Å². The van der Waals surface area contributed by atoms with Crippen LogP contribution in [0.4, 0.5) is 4.39 Å². The second-order valence-corrected chi connectivity index (χ2v) is 3.11. The third kappa shape index (κ3) is 2.37. The van der Waals surface area contributed by atoms with Crippen molar-refractivity contribution in [1.29, 1.82) is 0 Å². The van der Waals surface area contributed by atoms with Crippen LogP contribution in [0.5, 0.6) is 0 Å². The van der Waals surface area contributed by atoms with Gasteiger partial charge in [-0.05, 0) is 24.2 Å². The molecule has 0 aliphatic carbocycles. The molecule has 0 spiro atoms. The summed E-state index contributed by atoms with van der Waals surface area (Å²) in [5.74, 6) is -0.323. The van der Waals surface area contributed by atoms with Gasteiger partial charge >= 0.3 is 0 Å². The molecule has 0 bridgehead atoms. The predicted octanol–water partition coefficient (Wildman–Crippen LogP) is 3.27. The molecule has 0 radical (unpaired) electrons. The summed E-state index contributed by atoms with van der Waals surface area (Å²) in [7, 11) is 0. The van der Waals surface area contributed by atoms with Crippen molar-refractivity contribution < 1.29 is 8.57 Å². The lowest BCUT2D eigenvalue weighted by atomic mass is 10.2. The molecule has 1 aromatic carbocycles. The monoisotopic (exact) mass is 206 g/mol.